The number of pyridine rings is 1. The third kappa shape index (κ3) is 7.87. The lowest BCUT2D eigenvalue weighted by Crippen LogP contribution is -2.49. The Morgan fingerprint density at radius 1 is 1.15 bits per heavy atom. The van der Waals surface area contributed by atoms with Gasteiger partial charge in [-0.25, -0.2) is 19.2 Å². The van der Waals surface area contributed by atoms with Crippen molar-refractivity contribution in [1.82, 2.24) is 24.8 Å². The molecule has 3 heterocycles. The van der Waals surface area contributed by atoms with Crippen LogP contribution in [0.5, 0.6) is 0 Å². The number of anilines is 1. The summed E-state index contributed by atoms with van der Waals surface area (Å²) < 4.78 is 21.6. The predicted molar refractivity (Wildman–Crippen MR) is 165 cm³/mol. The third-order valence-electron chi connectivity index (χ3n) is 7.04. The van der Waals surface area contributed by atoms with Gasteiger partial charge in [-0.05, 0) is 68.5 Å². The Hall–Kier alpha value is -2.80. The molecule has 1 aliphatic carbocycles. The number of aryl methyl sites for hydroxylation is 1. The van der Waals surface area contributed by atoms with Gasteiger partial charge < -0.3 is 24.8 Å². The maximum absolute atomic E-state index is 14.4. The molecule has 39 heavy (non-hydrogen) atoms. The number of fused-ring (bicyclic) bond motifs is 1. The summed E-state index contributed by atoms with van der Waals surface area (Å²) in [7, 11) is 0. The molecule has 0 spiro atoms. The lowest BCUT2D eigenvalue weighted by Gasteiger charge is -2.30. The zero-order valence-corrected chi connectivity index (χ0v) is 25.1. The third-order valence-corrected chi connectivity index (χ3v) is 7.04. The SMILES string of the molecule is Cc1cnc(NC=O)cc1-c1cc(F)c2ncn(C(C)C)c2c1.I.O=C(NC1CCCCC1)N1CCOCC1.[HH].[HH]. The lowest BCUT2D eigenvalue weighted by atomic mass is 9.96. The van der Waals surface area contributed by atoms with Crippen molar-refractivity contribution >= 4 is 53.3 Å². The van der Waals surface area contributed by atoms with Gasteiger partial charge in [0.1, 0.15) is 11.3 Å². The Morgan fingerprint density at radius 3 is 2.54 bits per heavy atom. The van der Waals surface area contributed by atoms with E-state index >= 15 is 0 Å². The first-order valence-electron chi connectivity index (χ1n) is 13.3. The van der Waals surface area contributed by atoms with Crippen LogP contribution < -0.4 is 10.6 Å². The number of carbonyl (C=O) groups excluding carboxylic acids is 2. The molecule has 2 aromatic heterocycles. The Labute approximate surface area is 248 Å². The number of amides is 3. The molecule has 1 aliphatic heterocycles. The monoisotopic (exact) mass is 656 g/mol. The molecule has 1 saturated carbocycles. The summed E-state index contributed by atoms with van der Waals surface area (Å²) >= 11 is 0. The number of carbonyl (C=O) groups is 2. The van der Waals surface area contributed by atoms with Crippen LogP contribution in [0.4, 0.5) is 15.0 Å². The molecule has 5 rings (SSSR count). The van der Waals surface area contributed by atoms with Gasteiger partial charge in [0.05, 0.1) is 25.1 Å². The maximum Gasteiger partial charge on any atom is 0.317 e. The number of nitrogens with zero attached hydrogens (tertiary/aromatic N) is 4. The number of halogens is 2. The second-order valence-electron chi connectivity index (χ2n) is 10.1. The Bertz CT molecular complexity index is 1270. The Balaban J connectivity index is 0.000000411. The quantitative estimate of drug-likeness (QED) is 0.253. The molecule has 11 heteroatoms. The van der Waals surface area contributed by atoms with Crippen LogP contribution in [-0.4, -0.2) is 64.2 Å². The number of urea groups is 1. The average Bonchev–Trinajstić information content (AvgIpc) is 3.36. The van der Waals surface area contributed by atoms with Gasteiger partial charge in [-0.15, -0.1) is 24.0 Å². The van der Waals surface area contributed by atoms with Gasteiger partial charge in [0, 0.05) is 34.2 Å². The zero-order valence-electron chi connectivity index (χ0n) is 22.8. The Kier molecular flexibility index (Phi) is 11.5. The molecule has 3 aromatic rings. The molecule has 1 aromatic carbocycles. The standard InChI is InChI=1S/C17H17FN4O.C11H20N2O2.HI.2H2/c1-10(2)22-8-20-17-14(18)4-12(5-15(17)22)13-6-16(21-9-23)19-7-11(13)3;14-11(13-6-8-15-9-7-13)12-10-4-2-1-3-5-10;;;/h4-10H,1-3H3,(H,19,21,23);10H,1-9H2,(H,12,14);3*1H. The summed E-state index contributed by atoms with van der Waals surface area (Å²) in [4.78, 5) is 32.6. The largest absolute Gasteiger partial charge is 0.378 e. The van der Waals surface area contributed by atoms with Crippen molar-refractivity contribution in [1.29, 1.82) is 0 Å². The van der Waals surface area contributed by atoms with E-state index in [0.717, 1.165) is 48.1 Å². The Morgan fingerprint density at radius 2 is 1.87 bits per heavy atom. The van der Waals surface area contributed by atoms with Crippen LogP contribution in [-0.2, 0) is 9.53 Å². The van der Waals surface area contributed by atoms with E-state index in [1.807, 2.05) is 36.3 Å². The van der Waals surface area contributed by atoms with Gasteiger partial charge in [0.15, 0.2) is 5.82 Å². The average molecular weight is 657 g/mol. The van der Waals surface area contributed by atoms with Gasteiger partial charge in [0.25, 0.3) is 0 Å². The fourth-order valence-electron chi connectivity index (χ4n) is 4.91. The summed E-state index contributed by atoms with van der Waals surface area (Å²) in [6.45, 7) is 8.77. The second-order valence-corrected chi connectivity index (χ2v) is 10.1. The molecule has 2 fully saturated rings. The highest BCUT2D eigenvalue weighted by molar-refractivity contribution is 14.0. The summed E-state index contributed by atoms with van der Waals surface area (Å²) in [6, 6.07) is 5.81. The fourth-order valence-corrected chi connectivity index (χ4v) is 4.91. The first kappa shape index (κ1) is 30.7. The molecule has 2 aliphatic rings. The summed E-state index contributed by atoms with van der Waals surface area (Å²) in [6.07, 6.45) is 10.0. The number of morpholine rings is 1. The van der Waals surface area contributed by atoms with E-state index in [2.05, 4.69) is 20.6 Å². The summed E-state index contributed by atoms with van der Waals surface area (Å²) in [5, 5.41) is 5.64. The first-order valence-corrected chi connectivity index (χ1v) is 13.3. The molecule has 216 valence electrons. The number of benzene rings is 1. The molecular weight excluding hydrogens is 614 g/mol. The second kappa shape index (κ2) is 14.5. The van der Waals surface area contributed by atoms with Gasteiger partial charge in [-0.3, -0.25) is 4.79 Å². The van der Waals surface area contributed by atoms with Crippen molar-refractivity contribution < 1.29 is 21.6 Å². The number of aromatic nitrogens is 3. The molecule has 9 nitrogen and oxygen atoms in total. The van der Waals surface area contributed by atoms with Crippen LogP contribution in [0.25, 0.3) is 22.2 Å². The van der Waals surface area contributed by atoms with Crippen molar-refractivity contribution in [3.05, 3.63) is 42.1 Å². The highest BCUT2D eigenvalue weighted by Gasteiger charge is 2.21. The van der Waals surface area contributed by atoms with Crippen molar-refractivity contribution in [2.45, 2.75) is 65.0 Å². The minimum absolute atomic E-state index is 0. The molecule has 2 N–H and O–H groups in total. The van der Waals surface area contributed by atoms with Crippen LogP contribution in [0.2, 0.25) is 0 Å². The summed E-state index contributed by atoms with van der Waals surface area (Å²) in [5.41, 5.74) is 3.56. The van der Waals surface area contributed by atoms with E-state index < -0.39 is 0 Å². The van der Waals surface area contributed by atoms with Crippen LogP contribution in [0.1, 0.15) is 60.4 Å². The molecule has 0 atom stereocenters. The predicted octanol–water partition coefficient (Wildman–Crippen LogP) is 6.17. The normalized spacial score (nSPS) is 15.8. The molecular formula is C28H42FIN6O3. The molecule has 0 unspecified atom stereocenters. The molecule has 3 amide bonds. The van der Waals surface area contributed by atoms with Crippen LogP contribution in [0.15, 0.2) is 30.7 Å². The first-order chi connectivity index (χ1) is 18.4. The van der Waals surface area contributed by atoms with Crippen LogP contribution in [0, 0.1) is 12.7 Å². The molecule has 1 saturated heterocycles. The van der Waals surface area contributed by atoms with E-state index in [0.29, 0.717) is 37.0 Å². The summed E-state index contributed by atoms with van der Waals surface area (Å²) in [5.74, 6) is 0.0662. The van der Waals surface area contributed by atoms with Gasteiger partial charge in [0.2, 0.25) is 6.41 Å². The highest BCUT2D eigenvalue weighted by atomic mass is 127. The van der Waals surface area contributed by atoms with Crippen molar-refractivity contribution in [3.63, 3.8) is 0 Å². The van der Waals surface area contributed by atoms with Crippen LogP contribution >= 0.6 is 24.0 Å². The maximum atomic E-state index is 14.4. The van der Waals surface area contributed by atoms with Crippen molar-refractivity contribution in [2.24, 2.45) is 0 Å². The molecule has 0 bridgehead atoms. The number of hydrogen-bond donors (Lipinski definition) is 2. The lowest BCUT2D eigenvalue weighted by molar-refractivity contribution is -0.105. The number of ether oxygens (including phenoxy) is 1. The topological polar surface area (TPSA) is 101 Å². The number of hydrogen-bond acceptors (Lipinski definition) is 5. The van der Waals surface area contributed by atoms with Gasteiger partial charge >= 0.3 is 6.03 Å². The smallest absolute Gasteiger partial charge is 0.317 e. The van der Waals surface area contributed by atoms with Crippen LogP contribution in [0.3, 0.4) is 0 Å². The zero-order chi connectivity index (χ0) is 27.1. The van der Waals surface area contributed by atoms with Gasteiger partial charge in [-0.2, -0.15) is 0 Å². The molecule has 0 radical (unpaired) electrons. The minimum Gasteiger partial charge on any atom is -0.378 e. The van der Waals surface area contributed by atoms with Crippen molar-refractivity contribution in [3.8, 4) is 11.1 Å². The fraction of sp³-hybridized carbons (Fsp3) is 0.500. The van der Waals surface area contributed by atoms with E-state index in [9.17, 15) is 14.0 Å². The van der Waals surface area contributed by atoms with E-state index in [1.54, 1.807) is 18.6 Å². The number of nitrogens with one attached hydrogen (secondary N) is 2. The van der Waals surface area contributed by atoms with E-state index in [1.165, 1.54) is 25.3 Å². The van der Waals surface area contributed by atoms with E-state index in [-0.39, 0.29) is 44.7 Å². The van der Waals surface area contributed by atoms with Gasteiger partial charge in [-0.1, -0.05) is 19.3 Å². The van der Waals surface area contributed by atoms with E-state index in [4.69, 9.17) is 4.74 Å². The van der Waals surface area contributed by atoms with Crippen molar-refractivity contribution in [2.75, 3.05) is 31.6 Å². The number of imidazole rings is 1. The minimum atomic E-state index is -0.363. The highest BCUT2D eigenvalue weighted by Crippen LogP contribution is 2.30. The number of rotatable bonds is 5.